The molecule has 0 amide bonds. The summed E-state index contributed by atoms with van der Waals surface area (Å²) >= 11 is 8.75. The molecular weight excluding hydrogens is 1000 g/mol. The maximum Gasteiger partial charge on any atom is 0.347 e. The van der Waals surface area contributed by atoms with Crippen LogP contribution in [0, 0.1) is 12.7 Å². The van der Waals surface area contributed by atoms with Gasteiger partial charge >= 0.3 is 5.97 Å². The number of carbonyl (C=O) groups excluding carboxylic acids is 1. The predicted octanol–water partition coefficient (Wildman–Crippen LogP) is 9.16. The second-order valence-electron chi connectivity index (χ2n) is 17.8. The monoisotopic (exact) mass is 1060 g/mol. The third-order valence-corrected chi connectivity index (χ3v) is 14.5. The molecule has 0 unspecified atom stereocenters. The van der Waals surface area contributed by atoms with Gasteiger partial charge in [0, 0.05) is 75.0 Å². The van der Waals surface area contributed by atoms with Gasteiger partial charge in [-0.25, -0.2) is 29.1 Å². The Kier molecular flexibility index (Phi) is 18.4. The van der Waals surface area contributed by atoms with Crippen molar-refractivity contribution in [2.45, 2.75) is 39.1 Å². The zero-order chi connectivity index (χ0) is 52.1. The minimum Gasteiger partial charge on any atom is -0.496 e. The van der Waals surface area contributed by atoms with E-state index in [2.05, 4.69) is 19.8 Å². The first-order valence-corrected chi connectivity index (χ1v) is 26.1. The molecule has 3 aliphatic rings. The molecule has 4 aromatic carbocycles. The number of fused-ring (bicyclic) bond motifs is 7. The highest BCUT2D eigenvalue weighted by molar-refractivity contribution is 7.22. The second-order valence-corrected chi connectivity index (χ2v) is 19.2. The topological polar surface area (TPSA) is 158 Å². The highest BCUT2D eigenvalue weighted by atomic mass is 35.5. The fourth-order valence-corrected chi connectivity index (χ4v) is 10.4. The smallest absolute Gasteiger partial charge is 0.347 e. The number of hydrogen-bond acceptors (Lipinski definition) is 17. The molecule has 1 fully saturated rings. The number of hydrogen-bond donors (Lipinski definition) is 0. The first-order valence-electron chi connectivity index (χ1n) is 24.9. The predicted molar refractivity (Wildman–Crippen MR) is 284 cm³/mol. The van der Waals surface area contributed by atoms with Gasteiger partial charge in [-0.15, -0.1) is 11.3 Å². The number of benzene rings is 4. The molecule has 16 nitrogen and oxygen atoms in total. The van der Waals surface area contributed by atoms with Crippen LogP contribution in [0.4, 0.5) is 4.39 Å². The Morgan fingerprint density at radius 2 is 1.64 bits per heavy atom. The van der Waals surface area contributed by atoms with Crippen molar-refractivity contribution in [1.82, 2.24) is 29.7 Å². The molecular formula is C56H60ClFN6O10S. The molecule has 10 rings (SSSR count). The number of carbonyl (C=O) groups is 1. The van der Waals surface area contributed by atoms with Gasteiger partial charge in [0.2, 0.25) is 12.0 Å². The fourth-order valence-electron chi connectivity index (χ4n) is 8.99. The molecule has 0 radical (unpaired) electrons. The third kappa shape index (κ3) is 13.3. The van der Waals surface area contributed by atoms with E-state index in [1.807, 2.05) is 61.5 Å². The van der Waals surface area contributed by atoms with Crippen LogP contribution in [0.3, 0.4) is 0 Å². The standard InChI is InChI=1S/C56H60ClFN6O10S/c1-5-70-56(65)48-31-38-30-41(14-16-45(38)72-33-40-18-19-59-53(62-40)44-8-6-7-9-46(44)67-4)71-34-42(32-64-22-20-63(21-23-64)24-25-68-28-29-69-27-26-66-3)73-47-17-15-43(36(2)51(47)57)49-50-54(74-48)60-35-61-55(50)75-52(49)37-10-12-39(58)13-11-37/h6-19,30,35,42,48H,5,20-29,31-34H2,1-4H3/t42-,48-/m1/s1. The number of halogens is 2. The van der Waals surface area contributed by atoms with Crippen molar-refractivity contribution in [1.29, 1.82) is 0 Å². The summed E-state index contributed by atoms with van der Waals surface area (Å²) in [6, 6.07) is 24.9. The van der Waals surface area contributed by atoms with Gasteiger partial charge in [0.25, 0.3) is 0 Å². The summed E-state index contributed by atoms with van der Waals surface area (Å²) in [4.78, 5) is 39.0. The molecule has 7 aromatic rings. The van der Waals surface area contributed by atoms with E-state index in [0.29, 0.717) is 100 Å². The summed E-state index contributed by atoms with van der Waals surface area (Å²) in [6.07, 6.45) is 1.38. The summed E-state index contributed by atoms with van der Waals surface area (Å²) in [7, 11) is 3.26. The number of methoxy groups -OCH3 is 2. The van der Waals surface area contributed by atoms with Crippen molar-refractivity contribution in [2.24, 2.45) is 0 Å². The van der Waals surface area contributed by atoms with E-state index in [4.69, 9.17) is 64.2 Å². The summed E-state index contributed by atoms with van der Waals surface area (Å²) in [5.74, 6) is 1.75. The van der Waals surface area contributed by atoms with Gasteiger partial charge in [0.15, 0.2) is 5.82 Å². The van der Waals surface area contributed by atoms with Gasteiger partial charge in [0.05, 0.1) is 68.4 Å². The van der Waals surface area contributed by atoms with Crippen molar-refractivity contribution in [3.05, 3.63) is 125 Å². The lowest BCUT2D eigenvalue weighted by atomic mass is 9.96. The molecule has 394 valence electrons. The molecule has 2 atom stereocenters. The van der Waals surface area contributed by atoms with Crippen LogP contribution in [0.2, 0.25) is 5.02 Å². The zero-order valence-corrected chi connectivity index (χ0v) is 44.0. The molecule has 3 aliphatic heterocycles. The summed E-state index contributed by atoms with van der Waals surface area (Å²) in [6.45, 7) is 11.5. The molecule has 0 aliphatic carbocycles. The summed E-state index contributed by atoms with van der Waals surface area (Å²) in [5.41, 5.74) is 4.87. The first-order chi connectivity index (χ1) is 36.7. The lowest BCUT2D eigenvalue weighted by Gasteiger charge is -2.36. The number of aromatic nitrogens is 4. The summed E-state index contributed by atoms with van der Waals surface area (Å²) in [5, 5.41) is 0.957. The molecule has 19 heteroatoms. The van der Waals surface area contributed by atoms with Crippen LogP contribution < -0.4 is 23.7 Å². The van der Waals surface area contributed by atoms with E-state index in [-0.39, 0.29) is 37.9 Å². The van der Waals surface area contributed by atoms with Crippen molar-refractivity contribution in [3.63, 3.8) is 0 Å². The molecule has 75 heavy (non-hydrogen) atoms. The van der Waals surface area contributed by atoms with Gasteiger partial charge in [-0.3, -0.25) is 9.80 Å². The van der Waals surface area contributed by atoms with Crippen molar-refractivity contribution < 1.29 is 51.8 Å². The van der Waals surface area contributed by atoms with Crippen molar-refractivity contribution in [3.8, 4) is 61.8 Å². The number of piperazine rings is 1. The van der Waals surface area contributed by atoms with Crippen LogP contribution >= 0.6 is 22.9 Å². The van der Waals surface area contributed by atoms with Crippen LogP contribution in [0.15, 0.2) is 97.5 Å². The van der Waals surface area contributed by atoms with Gasteiger partial charge < -0.3 is 42.6 Å². The van der Waals surface area contributed by atoms with E-state index < -0.39 is 18.2 Å². The molecule has 0 spiro atoms. The zero-order valence-electron chi connectivity index (χ0n) is 42.4. The first kappa shape index (κ1) is 53.3. The number of para-hydroxylation sites is 1. The SMILES string of the molecule is CCOC(=O)[C@H]1Cc2cc(ccc2OCc2ccnc(-c3ccccc3OC)n2)OC[C@@H](CN2CCN(CCOCCOCCOC)CC2)Oc2ccc(c(C)c2Cl)-c2c(-c3ccc(F)cc3)sc3ncnc(c23)O1. The second kappa shape index (κ2) is 25.8. The van der Waals surface area contributed by atoms with Gasteiger partial charge in [-0.1, -0.05) is 41.9 Å². The molecule has 6 heterocycles. The molecule has 1 saturated heterocycles. The third-order valence-electron chi connectivity index (χ3n) is 12.9. The van der Waals surface area contributed by atoms with E-state index >= 15 is 0 Å². The van der Waals surface area contributed by atoms with Crippen LogP contribution in [-0.2, 0) is 36.8 Å². The van der Waals surface area contributed by atoms with Gasteiger partial charge in [-0.2, -0.15) is 0 Å². The Morgan fingerprint density at radius 1 is 0.853 bits per heavy atom. The Hall–Kier alpha value is -6.51. The Bertz CT molecular complexity index is 3030. The average Bonchev–Trinajstić information content (AvgIpc) is 3.83. The molecule has 0 N–H and O–H groups in total. The number of thiophene rings is 1. The highest BCUT2D eigenvalue weighted by Gasteiger charge is 2.31. The maximum absolute atomic E-state index is 14.4. The molecule has 3 aromatic heterocycles. The lowest BCUT2D eigenvalue weighted by molar-refractivity contribution is -0.151. The van der Waals surface area contributed by atoms with E-state index in [0.717, 1.165) is 59.9 Å². The largest absolute Gasteiger partial charge is 0.496 e. The lowest BCUT2D eigenvalue weighted by Crippen LogP contribution is -2.50. The van der Waals surface area contributed by atoms with Gasteiger partial charge in [0.1, 0.15) is 59.3 Å². The Morgan fingerprint density at radius 3 is 2.44 bits per heavy atom. The van der Waals surface area contributed by atoms with Crippen LogP contribution in [0.5, 0.6) is 28.9 Å². The molecule has 0 saturated carbocycles. The van der Waals surface area contributed by atoms with Gasteiger partial charge in [-0.05, 0) is 85.1 Å². The van der Waals surface area contributed by atoms with E-state index in [9.17, 15) is 9.18 Å². The van der Waals surface area contributed by atoms with Crippen molar-refractivity contribution >= 4 is 39.1 Å². The van der Waals surface area contributed by atoms with E-state index in [1.165, 1.54) is 29.8 Å². The molecule has 4 bridgehead atoms. The summed E-state index contributed by atoms with van der Waals surface area (Å²) < 4.78 is 68.9. The number of esters is 1. The highest BCUT2D eigenvalue weighted by Crippen LogP contribution is 2.50. The van der Waals surface area contributed by atoms with Crippen LogP contribution in [-0.4, -0.2) is 148 Å². The number of nitrogens with zero attached hydrogens (tertiary/aromatic N) is 6. The number of ether oxygens (including phenoxy) is 9. The Balaban J connectivity index is 1.06. The number of rotatable bonds is 19. The fraction of sp³-hybridized carbons (Fsp3) is 0.375. The quantitative estimate of drug-likeness (QED) is 0.0557. The average molecular weight is 1060 g/mol. The van der Waals surface area contributed by atoms with Crippen LogP contribution in [0.25, 0.3) is 43.2 Å². The Labute approximate surface area is 444 Å². The maximum atomic E-state index is 14.4. The minimum absolute atomic E-state index is 0.00599. The van der Waals surface area contributed by atoms with Crippen LogP contribution in [0.1, 0.15) is 23.7 Å². The van der Waals surface area contributed by atoms with E-state index in [1.54, 1.807) is 45.5 Å². The minimum atomic E-state index is -1.22. The van der Waals surface area contributed by atoms with Crippen molar-refractivity contribution in [2.75, 3.05) is 99.7 Å². The normalized spacial score (nSPS) is 16.2.